The summed E-state index contributed by atoms with van der Waals surface area (Å²) in [6.45, 7) is 2.94. The van der Waals surface area contributed by atoms with Crippen LogP contribution in [0.3, 0.4) is 0 Å². The molecule has 0 bridgehead atoms. The zero-order chi connectivity index (χ0) is 14.0. The van der Waals surface area contributed by atoms with Crippen LogP contribution in [0.15, 0.2) is 22.7 Å². The predicted molar refractivity (Wildman–Crippen MR) is 87.8 cm³/mol. The van der Waals surface area contributed by atoms with Crippen LogP contribution >= 0.6 is 27.7 Å². The van der Waals surface area contributed by atoms with Gasteiger partial charge in [0.1, 0.15) is 11.9 Å². The van der Waals surface area contributed by atoms with Gasteiger partial charge in [0.25, 0.3) is 0 Å². The smallest absolute Gasteiger partial charge is 0.122 e. The van der Waals surface area contributed by atoms with Crippen molar-refractivity contribution in [1.82, 2.24) is 0 Å². The van der Waals surface area contributed by atoms with Gasteiger partial charge >= 0.3 is 0 Å². The van der Waals surface area contributed by atoms with E-state index in [4.69, 9.17) is 9.47 Å². The third-order valence-corrected chi connectivity index (χ3v) is 5.76. The van der Waals surface area contributed by atoms with Gasteiger partial charge in [0.05, 0.1) is 12.2 Å². The summed E-state index contributed by atoms with van der Waals surface area (Å²) in [5.74, 6) is 3.47. The Kier molecular flexibility index (Phi) is 4.63. The Labute approximate surface area is 133 Å². The minimum absolute atomic E-state index is 0.0947. The third-order valence-electron chi connectivity index (χ3n) is 4.28. The number of hydrogen-bond donors (Lipinski definition) is 0. The molecule has 2 saturated heterocycles. The molecule has 110 valence electrons. The maximum atomic E-state index is 6.26. The van der Waals surface area contributed by atoms with Crippen molar-refractivity contribution < 1.29 is 9.47 Å². The van der Waals surface area contributed by atoms with Gasteiger partial charge < -0.3 is 9.47 Å². The predicted octanol–water partition coefficient (Wildman–Crippen LogP) is 4.58. The van der Waals surface area contributed by atoms with Crippen molar-refractivity contribution in [3.05, 3.63) is 28.2 Å². The lowest BCUT2D eigenvalue weighted by atomic mass is 9.86. The molecule has 2 nitrogen and oxygen atoms in total. The lowest BCUT2D eigenvalue weighted by Crippen LogP contribution is -2.46. The molecule has 4 heteroatoms. The van der Waals surface area contributed by atoms with Crippen LogP contribution in [0.4, 0.5) is 0 Å². The van der Waals surface area contributed by atoms with Crippen LogP contribution in [-0.4, -0.2) is 29.8 Å². The standard InChI is InChI=1S/C16H21BrO2S/c1-12-10-13(17)2-3-15(12)19-14-4-7-18-16(11-14)5-8-20-9-6-16/h2-3,10,14H,4-9,11H2,1H3. The summed E-state index contributed by atoms with van der Waals surface area (Å²) in [5.41, 5.74) is 1.29. The number of ether oxygens (including phenoxy) is 2. The minimum atomic E-state index is 0.0947. The van der Waals surface area contributed by atoms with Crippen LogP contribution in [-0.2, 0) is 4.74 Å². The first-order valence-corrected chi connectivity index (χ1v) is 9.26. The van der Waals surface area contributed by atoms with E-state index in [9.17, 15) is 0 Å². The Morgan fingerprint density at radius 2 is 2.15 bits per heavy atom. The first-order chi connectivity index (χ1) is 9.67. The topological polar surface area (TPSA) is 18.5 Å². The lowest BCUT2D eigenvalue weighted by molar-refractivity contribution is -0.116. The van der Waals surface area contributed by atoms with Gasteiger partial charge in [0.15, 0.2) is 0 Å². The Balaban J connectivity index is 1.68. The van der Waals surface area contributed by atoms with E-state index < -0.39 is 0 Å². The fraction of sp³-hybridized carbons (Fsp3) is 0.625. The molecule has 2 aliphatic heterocycles. The Hall–Kier alpha value is -0.190. The van der Waals surface area contributed by atoms with Crippen molar-refractivity contribution in [3.8, 4) is 5.75 Å². The molecule has 20 heavy (non-hydrogen) atoms. The van der Waals surface area contributed by atoms with Gasteiger partial charge in [-0.3, -0.25) is 0 Å². The molecule has 1 atom stereocenters. The molecule has 0 saturated carbocycles. The van der Waals surface area contributed by atoms with E-state index in [-0.39, 0.29) is 5.60 Å². The molecule has 2 aliphatic rings. The molecule has 0 aliphatic carbocycles. The fourth-order valence-corrected chi connectivity index (χ4v) is 4.81. The number of hydrogen-bond acceptors (Lipinski definition) is 3. The number of thioether (sulfide) groups is 1. The maximum absolute atomic E-state index is 6.26. The molecule has 1 aromatic carbocycles. The summed E-state index contributed by atoms with van der Waals surface area (Å²) in [7, 11) is 0. The van der Waals surface area contributed by atoms with E-state index in [1.807, 2.05) is 11.8 Å². The second-order valence-electron chi connectivity index (χ2n) is 5.79. The fourth-order valence-electron chi connectivity index (χ4n) is 3.10. The first kappa shape index (κ1) is 14.7. The van der Waals surface area contributed by atoms with Crippen molar-refractivity contribution in [2.75, 3.05) is 18.1 Å². The normalized spacial score (nSPS) is 25.6. The van der Waals surface area contributed by atoms with E-state index in [0.29, 0.717) is 6.10 Å². The van der Waals surface area contributed by atoms with Crippen LogP contribution in [0.1, 0.15) is 31.2 Å². The molecule has 1 aromatic rings. The minimum Gasteiger partial charge on any atom is -0.490 e. The van der Waals surface area contributed by atoms with Gasteiger partial charge in [-0.1, -0.05) is 15.9 Å². The van der Waals surface area contributed by atoms with Crippen LogP contribution in [0.5, 0.6) is 5.75 Å². The highest BCUT2D eigenvalue weighted by molar-refractivity contribution is 9.10. The number of halogens is 1. The van der Waals surface area contributed by atoms with Crippen molar-refractivity contribution in [3.63, 3.8) is 0 Å². The van der Waals surface area contributed by atoms with Crippen LogP contribution in [0.2, 0.25) is 0 Å². The average molecular weight is 357 g/mol. The average Bonchev–Trinajstić information content (AvgIpc) is 2.43. The van der Waals surface area contributed by atoms with Gasteiger partial charge in [-0.15, -0.1) is 0 Å². The van der Waals surface area contributed by atoms with Gasteiger partial charge in [-0.05, 0) is 55.0 Å². The Bertz CT molecular complexity index is 466. The van der Waals surface area contributed by atoms with Crippen molar-refractivity contribution >= 4 is 27.7 Å². The van der Waals surface area contributed by atoms with Crippen molar-refractivity contribution in [1.29, 1.82) is 0 Å². The molecular formula is C16H21BrO2S. The van der Waals surface area contributed by atoms with Gasteiger partial charge in [-0.25, -0.2) is 0 Å². The zero-order valence-corrected chi connectivity index (χ0v) is 14.3. The van der Waals surface area contributed by atoms with Crippen molar-refractivity contribution in [2.45, 2.75) is 44.3 Å². The largest absolute Gasteiger partial charge is 0.490 e. The van der Waals surface area contributed by atoms with Crippen LogP contribution < -0.4 is 4.74 Å². The van der Waals surface area contributed by atoms with E-state index in [1.54, 1.807) is 0 Å². The van der Waals surface area contributed by atoms with Gasteiger partial charge in [0.2, 0.25) is 0 Å². The van der Waals surface area contributed by atoms with E-state index in [2.05, 4.69) is 41.1 Å². The number of aryl methyl sites for hydroxylation is 1. The zero-order valence-electron chi connectivity index (χ0n) is 11.9. The second-order valence-corrected chi connectivity index (χ2v) is 7.93. The molecule has 0 radical (unpaired) electrons. The lowest BCUT2D eigenvalue weighted by Gasteiger charge is -2.43. The summed E-state index contributed by atoms with van der Waals surface area (Å²) in [4.78, 5) is 0. The molecule has 3 rings (SSSR count). The number of rotatable bonds is 2. The summed E-state index contributed by atoms with van der Waals surface area (Å²) < 4.78 is 13.5. The molecule has 0 aromatic heterocycles. The molecule has 2 fully saturated rings. The number of benzene rings is 1. The van der Waals surface area contributed by atoms with E-state index >= 15 is 0 Å². The first-order valence-electron chi connectivity index (χ1n) is 7.31. The summed E-state index contributed by atoms with van der Waals surface area (Å²) in [6, 6.07) is 6.23. The third kappa shape index (κ3) is 3.34. The highest BCUT2D eigenvalue weighted by Gasteiger charge is 2.39. The van der Waals surface area contributed by atoms with Crippen molar-refractivity contribution in [2.24, 2.45) is 0 Å². The van der Waals surface area contributed by atoms with Crippen LogP contribution in [0.25, 0.3) is 0 Å². The quantitative estimate of drug-likeness (QED) is 0.772. The molecule has 0 N–H and O–H groups in total. The highest BCUT2D eigenvalue weighted by atomic mass is 79.9. The van der Waals surface area contributed by atoms with Crippen LogP contribution in [0, 0.1) is 6.92 Å². The second kappa shape index (κ2) is 6.29. The summed E-state index contributed by atoms with van der Waals surface area (Å²) >= 11 is 5.55. The molecule has 1 spiro atoms. The van der Waals surface area contributed by atoms with Gasteiger partial charge in [-0.2, -0.15) is 11.8 Å². The van der Waals surface area contributed by atoms with E-state index in [0.717, 1.165) is 29.7 Å². The summed E-state index contributed by atoms with van der Waals surface area (Å²) in [5, 5.41) is 0. The highest BCUT2D eigenvalue weighted by Crippen LogP contribution is 2.39. The van der Waals surface area contributed by atoms with Gasteiger partial charge in [0, 0.05) is 17.3 Å². The molecule has 0 amide bonds. The monoisotopic (exact) mass is 356 g/mol. The Morgan fingerprint density at radius 3 is 2.90 bits per heavy atom. The van der Waals surface area contributed by atoms with E-state index in [1.165, 1.54) is 29.9 Å². The SMILES string of the molecule is Cc1cc(Br)ccc1OC1CCOC2(CCSCC2)C1. The summed E-state index contributed by atoms with van der Waals surface area (Å²) in [6.07, 6.45) is 4.70. The Morgan fingerprint density at radius 1 is 1.35 bits per heavy atom. The molecule has 2 heterocycles. The molecular weight excluding hydrogens is 336 g/mol. The maximum Gasteiger partial charge on any atom is 0.122 e. The molecule has 1 unspecified atom stereocenters.